The third kappa shape index (κ3) is 3.42. The van der Waals surface area contributed by atoms with Crippen molar-refractivity contribution in [1.29, 1.82) is 0 Å². The van der Waals surface area contributed by atoms with Crippen molar-refractivity contribution < 1.29 is 17.7 Å². The highest BCUT2D eigenvalue weighted by molar-refractivity contribution is 7.89. The topological polar surface area (TPSA) is 87.2 Å². The number of hydrogen-bond donors (Lipinski definition) is 0. The highest BCUT2D eigenvalue weighted by Crippen LogP contribution is 2.34. The van der Waals surface area contributed by atoms with Gasteiger partial charge in [-0.1, -0.05) is 22.9 Å². The molecule has 0 N–H and O–H groups in total. The summed E-state index contributed by atoms with van der Waals surface area (Å²) < 4.78 is 37.3. The molecule has 0 saturated heterocycles. The third-order valence-corrected chi connectivity index (χ3v) is 6.18. The first-order chi connectivity index (χ1) is 13.9. The highest BCUT2D eigenvalue weighted by atomic mass is 32.2. The number of ether oxygens (including phenoxy) is 1. The summed E-state index contributed by atoms with van der Waals surface area (Å²) in [5.41, 5.74) is 3.49. The maximum absolute atomic E-state index is 12.9. The number of hydrogen-bond acceptors (Lipinski definition) is 6. The van der Waals surface area contributed by atoms with E-state index in [1.54, 1.807) is 44.4 Å². The lowest BCUT2D eigenvalue weighted by Gasteiger charge is -2.05. The molecule has 2 heterocycles. The summed E-state index contributed by atoms with van der Waals surface area (Å²) in [6.07, 6.45) is 1.43. The van der Waals surface area contributed by atoms with Crippen molar-refractivity contribution in [2.45, 2.75) is 18.7 Å². The summed E-state index contributed by atoms with van der Waals surface area (Å²) in [6.45, 7) is 3.67. The van der Waals surface area contributed by atoms with Gasteiger partial charge in [0.05, 0.1) is 23.3 Å². The fraction of sp³-hybridized carbons (Fsp3) is 0.143. The summed E-state index contributed by atoms with van der Waals surface area (Å²) in [5, 5.41) is 8.45. The maximum Gasteiger partial charge on any atom is 0.282 e. The quantitative estimate of drug-likeness (QED) is 0.494. The number of aromatic nitrogens is 3. The molecule has 0 fully saturated rings. The molecule has 4 aromatic rings. The Bertz CT molecular complexity index is 1250. The van der Waals surface area contributed by atoms with Crippen LogP contribution in [0.2, 0.25) is 0 Å². The minimum atomic E-state index is -3.79. The number of methoxy groups -OCH3 is 1. The Balaban J connectivity index is 1.75. The zero-order valence-electron chi connectivity index (χ0n) is 16.2. The fourth-order valence-corrected chi connectivity index (χ4v) is 4.12. The van der Waals surface area contributed by atoms with Crippen molar-refractivity contribution in [3.8, 4) is 28.3 Å². The molecule has 29 heavy (non-hydrogen) atoms. The maximum atomic E-state index is 12.9. The van der Waals surface area contributed by atoms with Crippen LogP contribution in [-0.2, 0) is 10.0 Å². The minimum absolute atomic E-state index is 0.176. The summed E-state index contributed by atoms with van der Waals surface area (Å²) in [4.78, 5) is 0.176. The molecule has 0 amide bonds. The lowest BCUT2D eigenvalue weighted by molar-refractivity contribution is 0.400. The van der Waals surface area contributed by atoms with E-state index in [1.807, 2.05) is 31.2 Å². The molecule has 0 aliphatic rings. The summed E-state index contributed by atoms with van der Waals surface area (Å²) in [5.74, 6) is 1.28. The summed E-state index contributed by atoms with van der Waals surface area (Å²) >= 11 is 0. The van der Waals surface area contributed by atoms with Gasteiger partial charge >= 0.3 is 0 Å². The molecule has 0 bridgehead atoms. The number of rotatable bonds is 5. The summed E-state index contributed by atoms with van der Waals surface area (Å²) in [7, 11) is -2.19. The fourth-order valence-electron chi connectivity index (χ4n) is 3.01. The Morgan fingerprint density at radius 1 is 0.966 bits per heavy atom. The van der Waals surface area contributed by atoms with E-state index in [-0.39, 0.29) is 4.90 Å². The molecule has 0 aliphatic heterocycles. The second-order valence-electron chi connectivity index (χ2n) is 6.58. The molecular formula is C21H19N3O4S. The monoisotopic (exact) mass is 409 g/mol. The van der Waals surface area contributed by atoms with Gasteiger partial charge in [0.25, 0.3) is 10.0 Å². The predicted molar refractivity (Wildman–Crippen MR) is 108 cm³/mol. The molecule has 2 aromatic carbocycles. The van der Waals surface area contributed by atoms with Gasteiger partial charge in [-0.3, -0.25) is 0 Å². The first-order valence-electron chi connectivity index (χ1n) is 8.89. The van der Waals surface area contributed by atoms with Gasteiger partial charge in [0.15, 0.2) is 0 Å². The van der Waals surface area contributed by atoms with Crippen LogP contribution in [-0.4, -0.2) is 29.9 Å². The van der Waals surface area contributed by atoms with Crippen molar-refractivity contribution in [2.75, 3.05) is 7.11 Å². The molecule has 0 atom stereocenters. The van der Waals surface area contributed by atoms with Gasteiger partial charge in [0, 0.05) is 11.8 Å². The largest absolute Gasteiger partial charge is 0.497 e. The molecule has 2 aromatic heterocycles. The van der Waals surface area contributed by atoms with E-state index in [0.717, 1.165) is 21.0 Å². The second kappa shape index (κ2) is 7.21. The van der Waals surface area contributed by atoms with Crippen LogP contribution in [0.25, 0.3) is 22.5 Å². The van der Waals surface area contributed by atoms with E-state index < -0.39 is 10.0 Å². The van der Waals surface area contributed by atoms with E-state index in [4.69, 9.17) is 9.26 Å². The smallest absolute Gasteiger partial charge is 0.282 e. The number of nitrogens with zero attached hydrogens (tertiary/aromatic N) is 3. The summed E-state index contributed by atoms with van der Waals surface area (Å²) in [6, 6.07) is 15.6. The van der Waals surface area contributed by atoms with E-state index in [9.17, 15) is 8.42 Å². The molecule has 0 spiro atoms. The Morgan fingerprint density at radius 3 is 2.31 bits per heavy atom. The zero-order chi connectivity index (χ0) is 20.6. The van der Waals surface area contributed by atoms with Crippen molar-refractivity contribution in [2.24, 2.45) is 0 Å². The second-order valence-corrected chi connectivity index (χ2v) is 8.38. The van der Waals surface area contributed by atoms with Crippen molar-refractivity contribution in [3.05, 3.63) is 72.1 Å². The first kappa shape index (κ1) is 18.9. The van der Waals surface area contributed by atoms with Crippen LogP contribution in [0.5, 0.6) is 5.75 Å². The van der Waals surface area contributed by atoms with Gasteiger partial charge in [0.2, 0.25) is 0 Å². The zero-order valence-corrected chi connectivity index (χ0v) is 17.0. The molecule has 7 nitrogen and oxygen atoms in total. The highest BCUT2D eigenvalue weighted by Gasteiger charge is 2.23. The van der Waals surface area contributed by atoms with Crippen LogP contribution in [0.4, 0.5) is 0 Å². The minimum Gasteiger partial charge on any atom is -0.497 e. The average molecular weight is 409 g/mol. The van der Waals surface area contributed by atoms with Crippen molar-refractivity contribution in [1.82, 2.24) is 14.3 Å². The van der Waals surface area contributed by atoms with Crippen LogP contribution >= 0.6 is 0 Å². The third-order valence-electron chi connectivity index (χ3n) is 4.61. The number of benzene rings is 2. The Morgan fingerprint density at radius 2 is 1.66 bits per heavy atom. The molecule has 148 valence electrons. The van der Waals surface area contributed by atoms with Crippen LogP contribution in [0.3, 0.4) is 0 Å². The van der Waals surface area contributed by atoms with Gasteiger partial charge in [-0.15, -0.1) is 0 Å². The van der Waals surface area contributed by atoms with Crippen LogP contribution < -0.4 is 4.74 Å². The Labute approximate surface area is 168 Å². The van der Waals surface area contributed by atoms with E-state index >= 15 is 0 Å². The van der Waals surface area contributed by atoms with Gasteiger partial charge in [-0.05, 0) is 56.3 Å². The Kier molecular flexibility index (Phi) is 4.71. The van der Waals surface area contributed by atoms with Crippen LogP contribution in [0, 0.1) is 13.8 Å². The first-order valence-corrected chi connectivity index (χ1v) is 10.3. The molecule has 8 heteroatoms. The number of aryl methyl sites for hydroxylation is 2. The lowest BCUT2D eigenvalue weighted by Crippen LogP contribution is -2.13. The van der Waals surface area contributed by atoms with Crippen LogP contribution in [0.1, 0.15) is 11.3 Å². The normalized spacial score (nSPS) is 11.6. The van der Waals surface area contributed by atoms with Crippen molar-refractivity contribution >= 4 is 10.0 Å². The predicted octanol–water partition coefficient (Wildman–Crippen LogP) is 4.07. The molecule has 0 radical (unpaired) electrons. The van der Waals surface area contributed by atoms with Gasteiger partial charge in [0.1, 0.15) is 17.2 Å². The van der Waals surface area contributed by atoms with Gasteiger partial charge < -0.3 is 9.26 Å². The molecular weight excluding hydrogens is 390 g/mol. The van der Waals surface area contributed by atoms with Crippen LogP contribution in [0.15, 0.2) is 70.2 Å². The molecule has 0 saturated carbocycles. The van der Waals surface area contributed by atoms with Gasteiger partial charge in [-0.25, -0.2) is 0 Å². The lowest BCUT2D eigenvalue weighted by atomic mass is 10.0. The molecule has 0 unspecified atom stereocenters. The van der Waals surface area contributed by atoms with Gasteiger partial charge in [-0.2, -0.15) is 17.6 Å². The van der Waals surface area contributed by atoms with E-state index in [2.05, 4.69) is 10.3 Å². The van der Waals surface area contributed by atoms with E-state index in [1.165, 1.54) is 6.20 Å². The van der Waals surface area contributed by atoms with E-state index in [0.29, 0.717) is 22.7 Å². The molecule has 4 rings (SSSR count). The molecule has 0 aliphatic carbocycles. The Hall–Kier alpha value is -3.39. The SMILES string of the molecule is COc1ccc(-c2noc(C)c2-c2ccn(S(=O)(=O)c3ccc(C)cc3)n2)cc1. The average Bonchev–Trinajstić information content (AvgIpc) is 3.35. The van der Waals surface area contributed by atoms with Crippen molar-refractivity contribution in [3.63, 3.8) is 0 Å². The standard InChI is InChI=1S/C21H19N3O4S/c1-14-4-10-18(11-5-14)29(25,26)24-13-12-19(22-24)20-15(2)28-23-21(20)16-6-8-17(27-3)9-7-16/h4-13H,1-3H3.